The van der Waals surface area contributed by atoms with Crippen molar-refractivity contribution >= 4 is 31.6 Å². The summed E-state index contributed by atoms with van der Waals surface area (Å²) in [6.45, 7) is 9.75. The molecule has 0 spiro atoms. The van der Waals surface area contributed by atoms with Gasteiger partial charge in [0.1, 0.15) is 18.2 Å². The first kappa shape index (κ1) is 46.9. The van der Waals surface area contributed by atoms with Gasteiger partial charge in [-0.2, -0.15) is 0 Å². The van der Waals surface area contributed by atoms with Gasteiger partial charge in [0.15, 0.2) is 43.7 Å². The van der Waals surface area contributed by atoms with Gasteiger partial charge in [0.2, 0.25) is 0 Å². The summed E-state index contributed by atoms with van der Waals surface area (Å²) in [5.41, 5.74) is 4.68. The molecule has 0 atom stereocenters. The Balaban J connectivity index is 0.000000376. The number of benzene rings is 3. The molecule has 0 fully saturated rings. The molecular weight excluding hydrogens is 682 g/mol. The van der Waals surface area contributed by atoms with Crippen LogP contribution >= 0.6 is 0 Å². The number of Topliss-reactive ketones (excluding diaryl/α,β-unsaturated/α-hetero) is 3. The molecule has 2 heterocycles. The number of rotatable bonds is 12. The van der Waals surface area contributed by atoms with Crippen molar-refractivity contribution in [3.63, 3.8) is 0 Å². The standard InChI is InChI=1S/C16H20O4.2C12H12N.2CH5BO2/c1-4-20-10-16(19)15-8-13(5-11(2)17)7-14(9-15)6-12(3)18;2*1-3-7-12(8-4-1)11-13-9-5-2-6-10-13;2*1-2(3)4/h7-9H,4-6,10H2,1-3H3;2*1-10H,11H2;2*3-4H,1H3/q;2*+1;;. The van der Waals surface area contributed by atoms with E-state index in [9.17, 15) is 14.4 Å². The normalized spacial score (nSPS) is 9.57. The van der Waals surface area contributed by atoms with Crippen molar-refractivity contribution < 1.29 is 48.4 Å². The van der Waals surface area contributed by atoms with Crippen LogP contribution in [0.25, 0.3) is 0 Å². The summed E-state index contributed by atoms with van der Waals surface area (Å²) < 4.78 is 9.43. The number of hydrogen-bond acceptors (Lipinski definition) is 8. The predicted octanol–water partition coefficient (Wildman–Crippen LogP) is 4.39. The molecule has 0 unspecified atom stereocenters. The summed E-state index contributed by atoms with van der Waals surface area (Å²) in [6.07, 6.45) is 8.83. The van der Waals surface area contributed by atoms with Crippen LogP contribution in [0.4, 0.5) is 0 Å². The molecule has 2 aromatic heterocycles. The molecule has 0 radical (unpaired) electrons. The number of carbonyl (C=O) groups is 3. The molecule has 5 rings (SSSR count). The lowest BCUT2D eigenvalue weighted by molar-refractivity contribution is -0.688. The third kappa shape index (κ3) is 25.0. The van der Waals surface area contributed by atoms with Crippen molar-refractivity contribution in [3.05, 3.63) is 168 Å². The van der Waals surface area contributed by atoms with E-state index in [-0.39, 0.29) is 36.8 Å². The van der Waals surface area contributed by atoms with E-state index in [4.69, 9.17) is 24.8 Å². The van der Waals surface area contributed by atoms with Crippen LogP contribution in [0.2, 0.25) is 13.6 Å². The second-order valence-electron chi connectivity index (χ2n) is 12.2. The van der Waals surface area contributed by atoms with E-state index in [1.165, 1.54) is 38.6 Å². The SMILES string of the molecule is CB(O)O.CB(O)O.CCOCC(=O)c1cc(CC(C)=O)cc(CC(C)=O)c1.c1ccc(C[n+]2ccccc2)cc1.c1ccc(C[n+]2ccccc2)cc1. The molecule has 12 heteroatoms. The quantitative estimate of drug-likeness (QED) is 0.0838. The van der Waals surface area contributed by atoms with Gasteiger partial charge in [-0.3, -0.25) is 14.4 Å². The van der Waals surface area contributed by atoms with Crippen LogP contribution in [0.5, 0.6) is 0 Å². The van der Waals surface area contributed by atoms with Gasteiger partial charge >= 0.3 is 14.2 Å². The summed E-state index contributed by atoms with van der Waals surface area (Å²) in [5, 5.41) is 30.4. The third-order valence-corrected chi connectivity index (χ3v) is 6.69. The van der Waals surface area contributed by atoms with Crippen LogP contribution in [-0.4, -0.2) is 64.9 Å². The molecule has 0 amide bonds. The average Bonchev–Trinajstić information content (AvgIpc) is 3.12. The molecule has 4 N–H and O–H groups in total. The zero-order valence-corrected chi connectivity index (χ0v) is 32.0. The molecule has 284 valence electrons. The monoisotopic (exact) mass is 736 g/mol. The van der Waals surface area contributed by atoms with Crippen molar-refractivity contribution in [2.24, 2.45) is 0 Å². The van der Waals surface area contributed by atoms with E-state index >= 15 is 0 Å². The van der Waals surface area contributed by atoms with Crippen LogP contribution in [0.3, 0.4) is 0 Å². The maximum absolute atomic E-state index is 12.0. The largest absolute Gasteiger partial charge is 0.448 e. The van der Waals surface area contributed by atoms with E-state index in [0.29, 0.717) is 12.2 Å². The first-order valence-corrected chi connectivity index (χ1v) is 17.7. The molecule has 3 aromatic carbocycles. The maximum atomic E-state index is 12.0. The van der Waals surface area contributed by atoms with E-state index in [0.717, 1.165) is 24.2 Å². The molecule has 10 nitrogen and oxygen atoms in total. The summed E-state index contributed by atoms with van der Waals surface area (Å²) in [4.78, 5) is 34.4. The number of aromatic nitrogens is 2. The highest BCUT2D eigenvalue weighted by Crippen LogP contribution is 2.14. The zero-order valence-electron chi connectivity index (χ0n) is 32.0. The predicted molar refractivity (Wildman–Crippen MR) is 213 cm³/mol. The van der Waals surface area contributed by atoms with Crippen molar-refractivity contribution in [2.75, 3.05) is 13.2 Å². The van der Waals surface area contributed by atoms with Crippen LogP contribution in [-0.2, 0) is 40.3 Å². The van der Waals surface area contributed by atoms with Gasteiger partial charge in [-0.1, -0.05) is 78.9 Å². The fourth-order valence-electron chi connectivity index (χ4n) is 4.65. The highest BCUT2D eigenvalue weighted by atomic mass is 16.5. The Morgan fingerprint density at radius 2 is 0.889 bits per heavy atom. The second kappa shape index (κ2) is 28.4. The lowest BCUT2D eigenvalue weighted by atomic mass is 9.98. The van der Waals surface area contributed by atoms with Gasteiger partial charge in [0, 0.05) is 60.4 Å². The number of nitrogens with zero attached hydrogens (tertiary/aromatic N) is 2. The minimum atomic E-state index is -1.17. The Labute approximate surface area is 320 Å². The van der Waals surface area contributed by atoms with Gasteiger partial charge in [0.05, 0.1) is 0 Å². The number of hydrogen-bond donors (Lipinski definition) is 4. The Morgan fingerprint density at radius 3 is 1.20 bits per heavy atom. The zero-order chi connectivity index (χ0) is 40.1. The molecule has 0 aliphatic rings. The topological polar surface area (TPSA) is 149 Å². The van der Waals surface area contributed by atoms with E-state index in [1.807, 2.05) is 55.5 Å². The van der Waals surface area contributed by atoms with Crippen LogP contribution in [0.15, 0.2) is 140 Å². The summed E-state index contributed by atoms with van der Waals surface area (Å²) in [7, 11) is -2.33. The maximum Gasteiger partial charge on any atom is 0.448 e. The van der Waals surface area contributed by atoms with Gasteiger partial charge in [-0.05, 0) is 57.7 Å². The first-order chi connectivity index (χ1) is 25.8. The Hall–Kier alpha value is -5.10. The van der Waals surface area contributed by atoms with Crippen molar-refractivity contribution in [3.8, 4) is 0 Å². The summed E-state index contributed by atoms with van der Waals surface area (Å²) >= 11 is 0. The second-order valence-corrected chi connectivity index (χ2v) is 12.2. The Morgan fingerprint density at radius 1 is 0.556 bits per heavy atom. The van der Waals surface area contributed by atoms with Crippen molar-refractivity contribution in [1.82, 2.24) is 0 Å². The smallest absolute Gasteiger partial charge is 0.427 e. The number of carbonyl (C=O) groups excluding carboxylic acids is 3. The Kier molecular flexibility index (Phi) is 24.7. The lowest BCUT2D eigenvalue weighted by Crippen LogP contribution is -2.32. The number of ketones is 3. The molecule has 5 aromatic rings. The minimum Gasteiger partial charge on any atom is -0.427 e. The van der Waals surface area contributed by atoms with Crippen LogP contribution < -0.4 is 9.13 Å². The fourth-order valence-corrected chi connectivity index (χ4v) is 4.65. The molecule has 0 bridgehead atoms. The Bertz CT molecular complexity index is 1550. The van der Waals surface area contributed by atoms with Gasteiger partial charge in [-0.25, -0.2) is 9.13 Å². The molecule has 0 saturated carbocycles. The highest BCUT2D eigenvalue weighted by Gasteiger charge is 2.11. The molecule has 0 saturated heterocycles. The lowest BCUT2D eigenvalue weighted by Gasteiger charge is -2.08. The van der Waals surface area contributed by atoms with Gasteiger partial charge in [0.25, 0.3) is 0 Å². The molecule has 0 aliphatic carbocycles. The fraction of sp³-hybridized carbons (Fsp3) is 0.262. The third-order valence-electron chi connectivity index (χ3n) is 6.69. The summed E-state index contributed by atoms with van der Waals surface area (Å²) in [5.74, 6) is -0.0941. The van der Waals surface area contributed by atoms with E-state index < -0.39 is 14.2 Å². The minimum absolute atomic E-state index is 0.0134. The van der Waals surface area contributed by atoms with Gasteiger partial charge in [-0.15, -0.1) is 0 Å². The average molecular weight is 737 g/mol. The first-order valence-electron chi connectivity index (χ1n) is 17.7. The van der Waals surface area contributed by atoms with Crippen molar-refractivity contribution in [2.45, 2.75) is 60.3 Å². The van der Waals surface area contributed by atoms with Crippen LogP contribution in [0.1, 0.15) is 53.4 Å². The van der Waals surface area contributed by atoms with E-state index in [2.05, 4.69) is 82.5 Å². The highest BCUT2D eigenvalue weighted by molar-refractivity contribution is 6.39. The van der Waals surface area contributed by atoms with Crippen molar-refractivity contribution in [1.29, 1.82) is 0 Å². The number of pyridine rings is 2. The molecular formula is C42H54B2N2O8+2. The summed E-state index contributed by atoms with van der Waals surface area (Å²) in [6, 6.07) is 38.4. The van der Waals surface area contributed by atoms with E-state index in [1.54, 1.807) is 18.2 Å². The van der Waals surface area contributed by atoms with Gasteiger partial charge < -0.3 is 24.8 Å². The molecule has 54 heavy (non-hydrogen) atoms. The number of ether oxygens (including phenoxy) is 1. The van der Waals surface area contributed by atoms with Crippen LogP contribution in [0, 0.1) is 0 Å². The molecule has 0 aliphatic heterocycles.